The maximum absolute atomic E-state index is 5.75. The highest BCUT2D eigenvalue weighted by Gasteiger charge is 2.00. The van der Waals surface area contributed by atoms with E-state index in [-0.39, 0.29) is 0 Å². The van der Waals surface area contributed by atoms with E-state index in [1.807, 2.05) is 18.2 Å². The highest BCUT2D eigenvalue weighted by Crippen LogP contribution is 2.26. The molecule has 1 aromatic rings. The van der Waals surface area contributed by atoms with Gasteiger partial charge in [0.1, 0.15) is 0 Å². The SMILES string of the molecule is ClC=C(Cl)CNc1cc(Br)ccc1Br. The minimum Gasteiger partial charge on any atom is -0.379 e. The normalized spacial score (nSPS) is 11.6. The molecule has 0 unspecified atom stereocenters. The van der Waals surface area contributed by atoms with Crippen LogP contribution in [0.25, 0.3) is 0 Å². The van der Waals surface area contributed by atoms with E-state index in [1.165, 1.54) is 5.54 Å². The molecular formula is C9H7Br2Cl2N. The third kappa shape index (κ3) is 3.81. The zero-order chi connectivity index (χ0) is 10.6. The predicted molar refractivity (Wildman–Crippen MR) is 70.1 cm³/mol. The highest BCUT2D eigenvalue weighted by molar-refractivity contribution is 9.11. The molecule has 0 aliphatic heterocycles. The zero-order valence-corrected chi connectivity index (χ0v) is 11.7. The molecule has 0 atom stereocenters. The van der Waals surface area contributed by atoms with Gasteiger partial charge >= 0.3 is 0 Å². The fraction of sp³-hybridized carbons (Fsp3) is 0.111. The summed E-state index contributed by atoms with van der Waals surface area (Å²) in [4.78, 5) is 0. The lowest BCUT2D eigenvalue weighted by molar-refractivity contribution is 1.30. The standard InChI is InChI=1S/C9H7Br2Cl2N/c10-6-1-2-8(11)9(3-6)14-5-7(13)4-12/h1-4,14H,5H2. The van der Waals surface area contributed by atoms with E-state index in [1.54, 1.807) is 0 Å². The van der Waals surface area contributed by atoms with Crippen molar-refractivity contribution in [2.45, 2.75) is 0 Å². The fourth-order valence-corrected chi connectivity index (χ4v) is 1.74. The Morgan fingerprint density at radius 3 is 2.79 bits per heavy atom. The van der Waals surface area contributed by atoms with Crippen LogP contribution in [0.15, 0.2) is 37.7 Å². The van der Waals surface area contributed by atoms with Crippen molar-refractivity contribution < 1.29 is 0 Å². The highest BCUT2D eigenvalue weighted by atomic mass is 79.9. The van der Waals surface area contributed by atoms with E-state index in [0.717, 1.165) is 14.6 Å². The lowest BCUT2D eigenvalue weighted by Gasteiger charge is -2.07. The Balaban J connectivity index is 2.71. The summed E-state index contributed by atoms with van der Waals surface area (Å²) in [7, 11) is 0. The molecule has 0 spiro atoms. The Kier molecular flexibility index (Phi) is 5.31. The lowest BCUT2D eigenvalue weighted by atomic mass is 10.3. The third-order valence-corrected chi connectivity index (χ3v) is 3.30. The van der Waals surface area contributed by atoms with Crippen molar-refractivity contribution >= 4 is 60.7 Å². The van der Waals surface area contributed by atoms with Crippen LogP contribution in [0.1, 0.15) is 0 Å². The lowest BCUT2D eigenvalue weighted by Crippen LogP contribution is -2.01. The number of hydrogen-bond donors (Lipinski definition) is 1. The Labute approximate surface area is 110 Å². The van der Waals surface area contributed by atoms with Crippen molar-refractivity contribution in [1.82, 2.24) is 0 Å². The smallest absolute Gasteiger partial charge is 0.0517 e. The van der Waals surface area contributed by atoms with Gasteiger partial charge in [0.25, 0.3) is 0 Å². The summed E-state index contributed by atoms with van der Waals surface area (Å²) >= 11 is 18.0. The summed E-state index contributed by atoms with van der Waals surface area (Å²) in [5, 5.41) is 3.71. The number of rotatable bonds is 3. The van der Waals surface area contributed by atoms with Crippen LogP contribution in [-0.4, -0.2) is 6.54 Å². The molecule has 0 saturated heterocycles. The van der Waals surface area contributed by atoms with Crippen LogP contribution < -0.4 is 5.32 Å². The summed E-state index contributed by atoms with van der Waals surface area (Å²) in [5.41, 5.74) is 2.32. The molecule has 1 aromatic carbocycles. The maximum atomic E-state index is 5.75. The van der Waals surface area contributed by atoms with Gasteiger partial charge in [-0.15, -0.1) is 0 Å². The Hall–Kier alpha value is 0.300. The van der Waals surface area contributed by atoms with Gasteiger partial charge in [-0.2, -0.15) is 0 Å². The average Bonchev–Trinajstić information content (AvgIpc) is 2.19. The first-order valence-corrected chi connectivity index (χ1v) is 6.17. The number of anilines is 1. The molecule has 0 aliphatic rings. The Morgan fingerprint density at radius 1 is 1.43 bits per heavy atom. The molecule has 0 amide bonds. The van der Waals surface area contributed by atoms with Crippen molar-refractivity contribution in [3.63, 3.8) is 0 Å². The van der Waals surface area contributed by atoms with E-state index < -0.39 is 0 Å². The molecule has 0 aromatic heterocycles. The number of nitrogens with one attached hydrogen (secondary N) is 1. The second-order valence-corrected chi connectivity index (χ2v) is 5.01. The van der Waals surface area contributed by atoms with Crippen LogP contribution in [-0.2, 0) is 0 Å². The largest absolute Gasteiger partial charge is 0.379 e. The molecule has 0 heterocycles. The fourth-order valence-electron chi connectivity index (χ4n) is 0.851. The zero-order valence-electron chi connectivity index (χ0n) is 7.03. The molecule has 0 bridgehead atoms. The average molecular weight is 360 g/mol. The van der Waals surface area contributed by atoms with Gasteiger partial charge in [-0.1, -0.05) is 39.1 Å². The van der Waals surface area contributed by atoms with Crippen molar-refractivity contribution in [2.24, 2.45) is 0 Å². The number of benzene rings is 1. The van der Waals surface area contributed by atoms with Crippen molar-refractivity contribution in [2.75, 3.05) is 11.9 Å². The molecule has 0 fully saturated rings. The Morgan fingerprint density at radius 2 is 2.14 bits per heavy atom. The Bertz CT molecular complexity index is 353. The molecule has 76 valence electrons. The molecule has 1 rings (SSSR count). The van der Waals surface area contributed by atoms with Crippen LogP contribution >= 0.6 is 55.1 Å². The molecular weight excluding hydrogens is 353 g/mol. The van der Waals surface area contributed by atoms with Gasteiger partial charge in [0.05, 0.1) is 6.54 Å². The van der Waals surface area contributed by atoms with Crippen molar-refractivity contribution in [1.29, 1.82) is 0 Å². The molecule has 0 saturated carbocycles. The van der Waals surface area contributed by atoms with Gasteiger partial charge in [0.15, 0.2) is 0 Å². The second-order valence-electron chi connectivity index (χ2n) is 2.53. The first-order chi connectivity index (χ1) is 6.63. The summed E-state index contributed by atoms with van der Waals surface area (Å²) in [6.07, 6.45) is 0. The van der Waals surface area contributed by atoms with E-state index in [2.05, 4.69) is 37.2 Å². The van der Waals surface area contributed by atoms with Gasteiger partial charge in [-0.25, -0.2) is 0 Å². The summed E-state index contributed by atoms with van der Waals surface area (Å²) in [6.45, 7) is 0.514. The number of halogens is 4. The topological polar surface area (TPSA) is 12.0 Å². The molecule has 1 N–H and O–H groups in total. The van der Waals surface area contributed by atoms with E-state index in [0.29, 0.717) is 11.6 Å². The summed E-state index contributed by atoms with van der Waals surface area (Å²) < 4.78 is 1.99. The van der Waals surface area contributed by atoms with Gasteiger partial charge in [-0.05, 0) is 34.1 Å². The van der Waals surface area contributed by atoms with Crippen molar-refractivity contribution in [3.8, 4) is 0 Å². The van der Waals surface area contributed by atoms with Crippen LogP contribution in [0.5, 0.6) is 0 Å². The first-order valence-electron chi connectivity index (χ1n) is 3.77. The molecule has 1 nitrogen and oxygen atoms in total. The van der Waals surface area contributed by atoms with Crippen LogP contribution in [0.2, 0.25) is 0 Å². The van der Waals surface area contributed by atoms with Gasteiger partial charge in [0, 0.05) is 25.2 Å². The molecule has 5 heteroatoms. The molecule has 14 heavy (non-hydrogen) atoms. The quantitative estimate of drug-likeness (QED) is 0.805. The number of hydrogen-bond acceptors (Lipinski definition) is 1. The molecule has 0 radical (unpaired) electrons. The third-order valence-electron chi connectivity index (χ3n) is 1.49. The van der Waals surface area contributed by atoms with Gasteiger partial charge < -0.3 is 5.32 Å². The van der Waals surface area contributed by atoms with E-state index >= 15 is 0 Å². The van der Waals surface area contributed by atoms with Gasteiger partial charge in [0.2, 0.25) is 0 Å². The minimum atomic E-state index is 0.514. The van der Waals surface area contributed by atoms with E-state index in [9.17, 15) is 0 Å². The summed E-state index contributed by atoms with van der Waals surface area (Å²) in [5.74, 6) is 0. The van der Waals surface area contributed by atoms with Crippen molar-refractivity contribution in [3.05, 3.63) is 37.7 Å². The predicted octanol–water partition coefficient (Wildman–Crippen LogP) is 4.94. The van der Waals surface area contributed by atoms with Gasteiger partial charge in [-0.3, -0.25) is 0 Å². The maximum Gasteiger partial charge on any atom is 0.0517 e. The van der Waals surface area contributed by atoms with Crippen LogP contribution in [0.3, 0.4) is 0 Å². The van der Waals surface area contributed by atoms with Crippen LogP contribution in [0, 0.1) is 0 Å². The summed E-state index contributed by atoms with van der Waals surface area (Å²) in [6, 6.07) is 5.86. The van der Waals surface area contributed by atoms with E-state index in [4.69, 9.17) is 23.2 Å². The second kappa shape index (κ2) is 6.01. The monoisotopic (exact) mass is 357 g/mol. The minimum absolute atomic E-state index is 0.514. The van der Waals surface area contributed by atoms with Crippen LogP contribution in [0.4, 0.5) is 5.69 Å². The molecule has 0 aliphatic carbocycles. The first kappa shape index (κ1) is 12.4.